The second-order valence-corrected chi connectivity index (χ2v) is 6.25. The molecule has 2 amide bonds. The number of rotatable bonds is 4. The van der Waals surface area contributed by atoms with Gasteiger partial charge in [-0.1, -0.05) is 26.7 Å². The molecule has 0 aromatic carbocycles. The number of thiocarbonyl (C=S) groups is 1. The van der Waals surface area contributed by atoms with Crippen LogP contribution in [0.2, 0.25) is 0 Å². The molecule has 2 unspecified atom stereocenters. The molecule has 1 heterocycles. The van der Waals surface area contributed by atoms with E-state index in [4.69, 9.17) is 17.3 Å². The number of amides is 2. The van der Waals surface area contributed by atoms with Crippen molar-refractivity contribution in [1.82, 2.24) is 0 Å². The van der Waals surface area contributed by atoms with Crippen LogP contribution >= 0.6 is 24.0 Å². The van der Waals surface area contributed by atoms with Crippen LogP contribution in [0.3, 0.4) is 0 Å². The fourth-order valence-electron chi connectivity index (χ4n) is 1.90. The molecule has 0 spiro atoms. The van der Waals surface area contributed by atoms with Gasteiger partial charge in [0.15, 0.2) is 0 Å². The number of hydrogen-bond donors (Lipinski definition) is 1. The smallest absolute Gasteiger partial charge is 0.435 e. The SMILES string of the molecule is CCC(CC)CC1SC(=S)[N+](C)(C(=O)O)C1=O. The van der Waals surface area contributed by atoms with E-state index in [1.807, 2.05) is 0 Å². The predicted molar refractivity (Wildman–Crippen MR) is 71.9 cm³/mol. The molecule has 17 heavy (non-hydrogen) atoms. The lowest BCUT2D eigenvalue weighted by Gasteiger charge is -2.18. The van der Waals surface area contributed by atoms with Gasteiger partial charge in [-0.25, -0.2) is 4.79 Å². The normalized spacial score (nSPS) is 29.1. The molecule has 1 N–H and O–H groups in total. The van der Waals surface area contributed by atoms with Gasteiger partial charge in [0, 0.05) is 0 Å². The van der Waals surface area contributed by atoms with Gasteiger partial charge in [-0.15, -0.1) is 4.48 Å². The van der Waals surface area contributed by atoms with Crippen molar-refractivity contribution < 1.29 is 19.2 Å². The number of carbonyl (C=O) groups excluding carboxylic acids is 1. The van der Waals surface area contributed by atoms with Gasteiger partial charge >= 0.3 is 12.0 Å². The standard InChI is InChI=1S/C11H17NO3S2/c1-4-7(5-2)6-8-9(13)12(3,10(14)15)11(16)17-8/h7-8H,4-6H2,1-3H3/p+1. The Bertz CT molecular complexity index is 355. The molecular weight excluding hydrogens is 258 g/mol. The lowest BCUT2D eigenvalue weighted by atomic mass is 9.97. The summed E-state index contributed by atoms with van der Waals surface area (Å²) in [4.78, 5) is 23.3. The summed E-state index contributed by atoms with van der Waals surface area (Å²) < 4.78 is -0.497. The van der Waals surface area contributed by atoms with E-state index >= 15 is 0 Å². The second-order valence-electron chi connectivity index (χ2n) is 4.42. The van der Waals surface area contributed by atoms with Gasteiger partial charge in [-0.2, -0.15) is 4.79 Å². The summed E-state index contributed by atoms with van der Waals surface area (Å²) in [6, 6.07) is 0. The average Bonchev–Trinajstić information content (AvgIpc) is 2.51. The monoisotopic (exact) mass is 276 g/mol. The Hall–Kier alpha value is -0.460. The molecule has 0 aromatic heterocycles. The van der Waals surface area contributed by atoms with Gasteiger partial charge in [0.1, 0.15) is 5.25 Å². The first-order valence-electron chi connectivity index (χ1n) is 5.73. The first-order valence-corrected chi connectivity index (χ1v) is 7.02. The Balaban J connectivity index is 2.85. The third-order valence-corrected chi connectivity index (χ3v) is 5.31. The van der Waals surface area contributed by atoms with Crippen molar-refractivity contribution in [2.75, 3.05) is 7.05 Å². The van der Waals surface area contributed by atoms with Crippen molar-refractivity contribution in [1.29, 1.82) is 0 Å². The number of imide groups is 1. The quantitative estimate of drug-likeness (QED) is 0.632. The molecule has 0 radical (unpaired) electrons. The fourth-order valence-corrected chi connectivity index (χ4v) is 3.72. The van der Waals surface area contributed by atoms with E-state index < -0.39 is 10.6 Å². The van der Waals surface area contributed by atoms with Crippen LogP contribution < -0.4 is 0 Å². The highest BCUT2D eigenvalue weighted by molar-refractivity contribution is 8.23. The number of nitrogens with zero attached hydrogens (tertiary/aromatic N) is 1. The maximum Gasteiger partial charge on any atom is 0.527 e. The van der Waals surface area contributed by atoms with Crippen molar-refractivity contribution in [3.63, 3.8) is 0 Å². The van der Waals surface area contributed by atoms with E-state index in [1.165, 1.54) is 18.8 Å². The summed E-state index contributed by atoms with van der Waals surface area (Å²) in [6.07, 6.45) is 1.55. The summed E-state index contributed by atoms with van der Waals surface area (Å²) >= 11 is 6.28. The maximum atomic E-state index is 12.1. The molecule has 0 aromatic rings. The van der Waals surface area contributed by atoms with Gasteiger partial charge in [0.05, 0.1) is 7.05 Å². The maximum absolute atomic E-state index is 12.1. The Morgan fingerprint density at radius 1 is 1.53 bits per heavy atom. The molecule has 2 atom stereocenters. The van der Waals surface area contributed by atoms with E-state index in [2.05, 4.69) is 13.8 Å². The molecule has 1 saturated heterocycles. The summed E-state index contributed by atoms with van der Waals surface area (Å²) in [5.41, 5.74) is 0. The largest absolute Gasteiger partial charge is 0.527 e. The summed E-state index contributed by atoms with van der Waals surface area (Å²) in [7, 11) is 1.37. The van der Waals surface area contributed by atoms with Crippen LogP contribution in [-0.4, -0.2) is 38.2 Å². The zero-order valence-corrected chi connectivity index (χ0v) is 11.9. The lowest BCUT2D eigenvalue weighted by molar-refractivity contribution is -0.653. The average molecular weight is 276 g/mol. The van der Waals surface area contributed by atoms with Crippen LogP contribution in [0, 0.1) is 5.92 Å². The van der Waals surface area contributed by atoms with Crippen molar-refractivity contribution >= 4 is 40.3 Å². The predicted octanol–water partition coefficient (Wildman–Crippen LogP) is 2.86. The highest BCUT2D eigenvalue weighted by atomic mass is 32.2. The minimum Gasteiger partial charge on any atom is -0.435 e. The van der Waals surface area contributed by atoms with Crippen LogP contribution in [0.4, 0.5) is 4.79 Å². The zero-order chi connectivity index (χ0) is 13.2. The molecule has 1 aliphatic rings. The van der Waals surface area contributed by atoms with Gasteiger partial charge < -0.3 is 5.11 Å². The highest BCUT2D eigenvalue weighted by Gasteiger charge is 2.56. The molecule has 96 valence electrons. The molecule has 1 fully saturated rings. The van der Waals surface area contributed by atoms with Crippen LogP contribution in [0.25, 0.3) is 0 Å². The highest BCUT2D eigenvalue weighted by Crippen LogP contribution is 2.37. The van der Waals surface area contributed by atoms with Gasteiger partial charge in [0.25, 0.3) is 4.32 Å². The van der Waals surface area contributed by atoms with Gasteiger partial charge in [-0.05, 0) is 36.3 Å². The van der Waals surface area contributed by atoms with E-state index in [0.717, 1.165) is 19.3 Å². The van der Waals surface area contributed by atoms with Crippen LogP contribution in [0.5, 0.6) is 0 Å². The van der Waals surface area contributed by atoms with Gasteiger partial charge in [-0.3, -0.25) is 0 Å². The Labute approximate surface area is 111 Å². The molecular formula is C11H18NO3S2+. The van der Waals surface area contributed by atoms with Crippen molar-refractivity contribution in [3.05, 3.63) is 0 Å². The minimum atomic E-state index is -1.18. The molecule has 4 nitrogen and oxygen atoms in total. The van der Waals surface area contributed by atoms with Gasteiger partial charge in [0.2, 0.25) is 0 Å². The van der Waals surface area contributed by atoms with Crippen molar-refractivity contribution in [2.24, 2.45) is 5.92 Å². The second kappa shape index (κ2) is 5.46. The number of carboxylic acid groups (broad SMARTS) is 1. The molecule has 0 aliphatic carbocycles. The number of carbonyl (C=O) groups is 2. The van der Waals surface area contributed by atoms with Crippen molar-refractivity contribution in [3.8, 4) is 0 Å². The van der Waals surface area contributed by atoms with Crippen molar-refractivity contribution in [2.45, 2.75) is 38.4 Å². The fraction of sp³-hybridized carbons (Fsp3) is 0.727. The molecule has 1 aliphatic heterocycles. The van der Waals surface area contributed by atoms with Crippen LogP contribution in [-0.2, 0) is 4.79 Å². The minimum absolute atomic E-state index is 0.249. The van der Waals surface area contributed by atoms with Crippen LogP contribution in [0.1, 0.15) is 33.1 Å². The number of quaternary nitrogens is 1. The first-order chi connectivity index (χ1) is 7.87. The topological polar surface area (TPSA) is 54.4 Å². The third kappa shape index (κ3) is 2.53. The Morgan fingerprint density at radius 3 is 2.41 bits per heavy atom. The summed E-state index contributed by atoms with van der Waals surface area (Å²) in [6.45, 7) is 4.17. The summed E-state index contributed by atoms with van der Waals surface area (Å²) in [5, 5.41) is 8.83. The summed E-state index contributed by atoms with van der Waals surface area (Å²) in [5.74, 6) is 0.166. The lowest BCUT2D eigenvalue weighted by Crippen LogP contribution is -2.53. The van der Waals surface area contributed by atoms with E-state index in [-0.39, 0.29) is 15.5 Å². The third-order valence-electron chi connectivity index (χ3n) is 3.41. The Kier molecular flexibility index (Phi) is 4.69. The Morgan fingerprint density at radius 2 is 2.06 bits per heavy atom. The number of thioether (sulfide) groups is 1. The molecule has 6 heteroatoms. The van der Waals surface area contributed by atoms with E-state index in [9.17, 15) is 9.59 Å². The molecule has 0 bridgehead atoms. The molecule has 1 rings (SSSR count). The van der Waals surface area contributed by atoms with E-state index in [0.29, 0.717) is 5.92 Å². The number of hydrogen-bond acceptors (Lipinski definition) is 4. The van der Waals surface area contributed by atoms with Crippen LogP contribution in [0.15, 0.2) is 0 Å². The zero-order valence-electron chi connectivity index (χ0n) is 10.3. The first kappa shape index (κ1) is 14.6. The molecule has 0 saturated carbocycles. The van der Waals surface area contributed by atoms with E-state index in [1.54, 1.807) is 0 Å².